The predicted octanol–water partition coefficient (Wildman–Crippen LogP) is 3.37. The Morgan fingerprint density at radius 3 is 2.74 bits per heavy atom. The van der Waals surface area contributed by atoms with Gasteiger partial charge in [-0.2, -0.15) is 0 Å². The lowest BCUT2D eigenvalue weighted by Crippen LogP contribution is -2.57. The topological polar surface area (TPSA) is 75.6 Å². The first kappa shape index (κ1) is 17.8. The number of halogens is 1. The maximum atomic E-state index is 12.5. The Bertz CT molecular complexity index is 592. The first-order chi connectivity index (χ1) is 10.8. The van der Waals surface area contributed by atoms with Crippen molar-refractivity contribution in [3.05, 3.63) is 28.7 Å². The van der Waals surface area contributed by atoms with Crippen molar-refractivity contribution in [2.75, 3.05) is 0 Å². The summed E-state index contributed by atoms with van der Waals surface area (Å²) in [5.74, 6) is -1.13. The van der Waals surface area contributed by atoms with Gasteiger partial charge in [-0.3, -0.25) is 9.59 Å². The van der Waals surface area contributed by atoms with E-state index in [0.717, 1.165) is 17.3 Å². The number of carboxylic acids is 1. The molecule has 0 radical (unpaired) electrons. The maximum Gasteiger partial charge on any atom is 0.308 e. The van der Waals surface area contributed by atoms with Crippen molar-refractivity contribution in [1.29, 1.82) is 0 Å². The highest BCUT2D eigenvalue weighted by Crippen LogP contribution is 2.34. The number of carbonyl (C=O) groups excluding carboxylic acids is 1. The number of para-hydroxylation sites is 1. The van der Waals surface area contributed by atoms with Gasteiger partial charge in [-0.1, -0.05) is 25.0 Å². The molecule has 5 nitrogen and oxygen atoms in total. The zero-order chi connectivity index (χ0) is 17.0. The molecule has 23 heavy (non-hydrogen) atoms. The Kier molecular flexibility index (Phi) is 5.68. The van der Waals surface area contributed by atoms with Gasteiger partial charge in [0.05, 0.1) is 15.9 Å². The molecular weight excluding hydrogens is 362 g/mol. The Morgan fingerprint density at radius 2 is 2.09 bits per heavy atom. The molecule has 2 N–H and O–H groups in total. The van der Waals surface area contributed by atoms with Gasteiger partial charge in [-0.25, -0.2) is 0 Å². The van der Waals surface area contributed by atoms with Crippen molar-refractivity contribution in [3.8, 4) is 5.75 Å². The number of rotatable bonds is 5. The Hall–Kier alpha value is -1.56. The molecule has 0 heterocycles. The first-order valence-corrected chi connectivity index (χ1v) is 8.59. The summed E-state index contributed by atoms with van der Waals surface area (Å²) in [6.45, 7) is 3.48. The number of nitrogens with one attached hydrogen (secondary N) is 1. The van der Waals surface area contributed by atoms with Gasteiger partial charge in [0.2, 0.25) is 0 Å². The molecule has 1 aliphatic carbocycles. The van der Waals surface area contributed by atoms with Crippen molar-refractivity contribution in [1.82, 2.24) is 5.32 Å². The SMILES string of the molecule is CC(Oc1ccccc1Br)C(=O)NC1(C)CCCCC1C(=O)O. The van der Waals surface area contributed by atoms with Crippen LogP contribution in [0.1, 0.15) is 39.5 Å². The molecule has 126 valence electrons. The summed E-state index contributed by atoms with van der Waals surface area (Å²) in [6.07, 6.45) is 2.34. The van der Waals surface area contributed by atoms with Crippen molar-refractivity contribution in [2.45, 2.75) is 51.2 Å². The minimum absolute atomic E-state index is 0.295. The quantitative estimate of drug-likeness (QED) is 0.816. The Morgan fingerprint density at radius 1 is 1.39 bits per heavy atom. The number of amides is 1. The molecule has 2 rings (SSSR count). The average molecular weight is 384 g/mol. The second-order valence-electron chi connectivity index (χ2n) is 6.23. The minimum Gasteiger partial charge on any atom is -0.481 e. The predicted molar refractivity (Wildman–Crippen MR) is 90.4 cm³/mol. The largest absolute Gasteiger partial charge is 0.481 e. The minimum atomic E-state index is -0.855. The van der Waals surface area contributed by atoms with Crippen molar-refractivity contribution in [3.63, 3.8) is 0 Å². The average Bonchev–Trinajstić information content (AvgIpc) is 2.49. The Labute approximate surface area is 144 Å². The van der Waals surface area contributed by atoms with Gasteiger partial charge in [0.1, 0.15) is 5.75 Å². The lowest BCUT2D eigenvalue weighted by Gasteiger charge is -2.40. The molecular formula is C17H22BrNO4. The number of hydrogen-bond donors (Lipinski definition) is 2. The number of hydrogen-bond acceptors (Lipinski definition) is 3. The summed E-state index contributed by atoms with van der Waals surface area (Å²) in [4.78, 5) is 23.9. The van der Waals surface area contributed by atoms with E-state index >= 15 is 0 Å². The summed E-state index contributed by atoms with van der Waals surface area (Å²) in [6, 6.07) is 7.30. The molecule has 3 unspecified atom stereocenters. The summed E-state index contributed by atoms with van der Waals surface area (Å²) in [5.41, 5.74) is -0.729. The Balaban J connectivity index is 2.05. The van der Waals surface area contributed by atoms with Gasteiger partial charge in [0.25, 0.3) is 5.91 Å². The zero-order valence-corrected chi connectivity index (χ0v) is 14.9. The van der Waals surface area contributed by atoms with E-state index in [1.54, 1.807) is 13.0 Å². The highest BCUT2D eigenvalue weighted by molar-refractivity contribution is 9.10. The van der Waals surface area contributed by atoms with Crippen LogP contribution >= 0.6 is 15.9 Å². The fourth-order valence-corrected chi connectivity index (χ4v) is 3.42. The number of carboxylic acid groups (broad SMARTS) is 1. The second-order valence-corrected chi connectivity index (χ2v) is 7.09. The third-order valence-electron chi connectivity index (χ3n) is 4.42. The maximum absolute atomic E-state index is 12.5. The molecule has 3 atom stereocenters. The van der Waals surface area contributed by atoms with Crippen LogP contribution < -0.4 is 10.1 Å². The van der Waals surface area contributed by atoms with Crippen LogP contribution in [0.5, 0.6) is 5.75 Å². The smallest absolute Gasteiger partial charge is 0.308 e. The third kappa shape index (κ3) is 4.25. The van der Waals surface area contributed by atoms with Crippen LogP contribution in [-0.2, 0) is 9.59 Å². The van der Waals surface area contributed by atoms with Gasteiger partial charge in [-0.05, 0) is 54.8 Å². The fourth-order valence-electron chi connectivity index (χ4n) is 3.05. The van der Waals surface area contributed by atoms with E-state index in [4.69, 9.17) is 4.74 Å². The molecule has 1 aliphatic rings. The van der Waals surface area contributed by atoms with E-state index in [1.165, 1.54) is 0 Å². The van der Waals surface area contributed by atoms with Gasteiger partial charge in [0.15, 0.2) is 6.10 Å². The number of carbonyl (C=O) groups is 2. The van der Waals surface area contributed by atoms with Crippen LogP contribution in [0.25, 0.3) is 0 Å². The summed E-state index contributed by atoms with van der Waals surface area (Å²) < 4.78 is 6.45. The van der Waals surface area contributed by atoms with Crippen LogP contribution in [0, 0.1) is 5.92 Å². The second kappa shape index (κ2) is 7.34. The van der Waals surface area contributed by atoms with E-state index in [-0.39, 0.29) is 5.91 Å². The van der Waals surface area contributed by atoms with Gasteiger partial charge in [-0.15, -0.1) is 0 Å². The van der Waals surface area contributed by atoms with Gasteiger partial charge >= 0.3 is 5.97 Å². The molecule has 0 saturated heterocycles. The normalized spacial score (nSPS) is 25.4. The number of benzene rings is 1. The van der Waals surface area contributed by atoms with Crippen molar-refractivity contribution in [2.24, 2.45) is 5.92 Å². The molecule has 1 saturated carbocycles. The van der Waals surface area contributed by atoms with Crippen molar-refractivity contribution >= 4 is 27.8 Å². The summed E-state index contributed by atoms with van der Waals surface area (Å²) >= 11 is 3.38. The monoisotopic (exact) mass is 383 g/mol. The van der Waals surface area contributed by atoms with Crippen LogP contribution in [-0.4, -0.2) is 28.6 Å². The van der Waals surface area contributed by atoms with Crippen LogP contribution in [0.15, 0.2) is 28.7 Å². The van der Waals surface area contributed by atoms with Gasteiger partial charge < -0.3 is 15.2 Å². The molecule has 0 bridgehead atoms. The number of ether oxygens (including phenoxy) is 1. The van der Waals surface area contributed by atoms with Crippen molar-refractivity contribution < 1.29 is 19.4 Å². The highest BCUT2D eigenvalue weighted by Gasteiger charge is 2.42. The van der Waals surface area contributed by atoms with Gasteiger partial charge in [0, 0.05) is 0 Å². The number of aliphatic carboxylic acids is 1. The molecule has 1 aromatic carbocycles. The molecule has 1 fully saturated rings. The van der Waals surface area contributed by atoms with E-state index < -0.39 is 23.5 Å². The van der Waals surface area contributed by atoms with E-state index in [0.29, 0.717) is 18.6 Å². The molecule has 1 aromatic rings. The van der Waals surface area contributed by atoms with Crippen LogP contribution in [0.3, 0.4) is 0 Å². The van der Waals surface area contributed by atoms with Crippen LogP contribution in [0.2, 0.25) is 0 Å². The lowest BCUT2D eigenvalue weighted by molar-refractivity contribution is -0.147. The fraction of sp³-hybridized carbons (Fsp3) is 0.529. The first-order valence-electron chi connectivity index (χ1n) is 7.79. The zero-order valence-electron chi connectivity index (χ0n) is 13.3. The van der Waals surface area contributed by atoms with E-state index in [9.17, 15) is 14.7 Å². The standard InChI is InChI=1S/C17H22BrNO4/c1-11(23-14-9-4-3-8-13(14)18)15(20)19-17(2)10-6-5-7-12(17)16(21)22/h3-4,8-9,11-12H,5-7,10H2,1-2H3,(H,19,20)(H,21,22). The highest BCUT2D eigenvalue weighted by atomic mass is 79.9. The third-order valence-corrected chi connectivity index (χ3v) is 5.08. The van der Waals surface area contributed by atoms with Crippen LogP contribution in [0.4, 0.5) is 0 Å². The molecule has 0 spiro atoms. The molecule has 0 aliphatic heterocycles. The molecule has 1 amide bonds. The summed E-state index contributed by atoms with van der Waals surface area (Å²) in [5, 5.41) is 12.3. The van der Waals surface area contributed by atoms with E-state index in [2.05, 4.69) is 21.2 Å². The lowest BCUT2D eigenvalue weighted by atomic mass is 9.74. The summed E-state index contributed by atoms with van der Waals surface area (Å²) in [7, 11) is 0. The molecule has 6 heteroatoms. The molecule has 0 aromatic heterocycles. The van der Waals surface area contributed by atoms with E-state index in [1.807, 2.05) is 25.1 Å².